The molecular formula is C11H14N2O3. The van der Waals surface area contributed by atoms with Crippen LogP contribution in [0.4, 0.5) is 0 Å². The van der Waals surface area contributed by atoms with E-state index in [4.69, 9.17) is 4.84 Å². The molecule has 1 aromatic rings. The van der Waals surface area contributed by atoms with Crippen LogP contribution < -0.4 is 0 Å². The molecule has 0 saturated carbocycles. The van der Waals surface area contributed by atoms with Gasteiger partial charge in [-0.1, -0.05) is 30.3 Å². The van der Waals surface area contributed by atoms with E-state index in [1.165, 1.54) is 0 Å². The maximum atomic E-state index is 10.6. The van der Waals surface area contributed by atoms with Crippen molar-refractivity contribution in [3.63, 3.8) is 0 Å². The van der Waals surface area contributed by atoms with Crippen molar-refractivity contribution in [1.29, 1.82) is 0 Å². The van der Waals surface area contributed by atoms with Crippen LogP contribution in [-0.4, -0.2) is 30.2 Å². The van der Waals surface area contributed by atoms with Crippen molar-refractivity contribution in [2.24, 2.45) is 5.92 Å². The quantitative estimate of drug-likeness (QED) is 0.574. The second kappa shape index (κ2) is 4.59. The SMILES string of the molecule is CN1OC[C@H](C[N+](=O)[O-])[C@@H]1c1ccccc1. The fourth-order valence-electron chi connectivity index (χ4n) is 2.16. The average molecular weight is 222 g/mol. The van der Waals surface area contributed by atoms with Crippen LogP contribution in [-0.2, 0) is 4.84 Å². The first-order chi connectivity index (χ1) is 7.68. The zero-order valence-corrected chi connectivity index (χ0v) is 9.07. The second-order valence-electron chi connectivity index (χ2n) is 3.97. The van der Waals surface area contributed by atoms with Crippen molar-refractivity contribution >= 4 is 0 Å². The van der Waals surface area contributed by atoms with Crippen molar-refractivity contribution in [1.82, 2.24) is 5.06 Å². The molecule has 0 amide bonds. The topological polar surface area (TPSA) is 55.6 Å². The van der Waals surface area contributed by atoms with Gasteiger partial charge in [0.05, 0.1) is 18.6 Å². The van der Waals surface area contributed by atoms with Crippen molar-refractivity contribution in [2.45, 2.75) is 6.04 Å². The minimum Gasteiger partial charge on any atom is -0.298 e. The van der Waals surface area contributed by atoms with Crippen molar-refractivity contribution in [3.8, 4) is 0 Å². The van der Waals surface area contributed by atoms with Gasteiger partial charge >= 0.3 is 0 Å². The van der Waals surface area contributed by atoms with Gasteiger partial charge in [0.25, 0.3) is 0 Å². The van der Waals surface area contributed by atoms with E-state index in [0.717, 1.165) is 5.56 Å². The molecule has 2 atom stereocenters. The lowest BCUT2D eigenvalue weighted by atomic mass is 9.94. The Morgan fingerprint density at radius 3 is 2.81 bits per heavy atom. The maximum Gasteiger partial charge on any atom is 0.210 e. The Hall–Kier alpha value is -1.46. The number of hydroxylamine groups is 2. The summed E-state index contributed by atoms with van der Waals surface area (Å²) in [7, 11) is 1.82. The first-order valence-electron chi connectivity index (χ1n) is 5.21. The Bertz CT molecular complexity index is 369. The molecule has 1 aliphatic rings. The molecule has 0 aromatic heterocycles. The van der Waals surface area contributed by atoms with Gasteiger partial charge < -0.3 is 0 Å². The molecule has 0 unspecified atom stereocenters. The van der Waals surface area contributed by atoms with E-state index >= 15 is 0 Å². The van der Waals surface area contributed by atoms with E-state index in [9.17, 15) is 10.1 Å². The van der Waals surface area contributed by atoms with Gasteiger partial charge in [-0.25, -0.2) is 0 Å². The largest absolute Gasteiger partial charge is 0.298 e. The van der Waals surface area contributed by atoms with Crippen LogP contribution in [0.3, 0.4) is 0 Å². The predicted octanol–water partition coefficient (Wildman–Crippen LogP) is 1.50. The first kappa shape index (κ1) is 11.0. The molecule has 0 N–H and O–H groups in total. The van der Waals surface area contributed by atoms with Gasteiger partial charge in [0, 0.05) is 12.0 Å². The molecule has 86 valence electrons. The van der Waals surface area contributed by atoms with Crippen LogP contribution in [0, 0.1) is 16.0 Å². The van der Waals surface area contributed by atoms with Gasteiger partial charge in [-0.2, -0.15) is 5.06 Å². The monoisotopic (exact) mass is 222 g/mol. The molecule has 0 spiro atoms. The maximum absolute atomic E-state index is 10.6. The van der Waals surface area contributed by atoms with Gasteiger partial charge in [0.1, 0.15) is 0 Å². The highest BCUT2D eigenvalue weighted by molar-refractivity contribution is 5.20. The van der Waals surface area contributed by atoms with Gasteiger partial charge in [-0.05, 0) is 5.56 Å². The van der Waals surface area contributed by atoms with E-state index in [2.05, 4.69) is 0 Å². The smallest absolute Gasteiger partial charge is 0.210 e. The zero-order chi connectivity index (χ0) is 11.5. The summed E-state index contributed by atoms with van der Waals surface area (Å²) in [5, 5.41) is 12.3. The van der Waals surface area contributed by atoms with Crippen LogP contribution in [0.15, 0.2) is 30.3 Å². The molecule has 0 bridgehead atoms. The average Bonchev–Trinajstić information content (AvgIpc) is 2.60. The van der Waals surface area contributed by atoms with Crippen LogP contribution in [0.25, 0.3) is 0 Å². The van der Waals surface area contributed by atoms with Crippen LogP contribution in [0.5, 0.6) is 0 Å². The molecule has 16 heavy (non-hydrogen) atoms. The van der Waals surface area contributed by atoms with Crippen molar-refractivity contribution in [3.05, 3.63) is 46.0 Å². The molecular weight excluding hydrogens is 208 g/mol. The highest BCUT2D eigenvalue weighted by atomic mass is 16.7. The van der Waals surface area contributed by atoms with E-state index in [1.54, 1.807) is 5.06 Å². The third-order valence-electron chi connectivity index (χ3n) is 2.86. The fourth-order valence-corrected chi connectivity index (χ4v) is 2.16. The van der Waals surface area contributed by atoms with E-state index in [0.29, 0.717) is 6.61 Å². The first-order valence-corrected chi connectivity index (χ1v) is 5.21. The predicted molar refractivity (Wildman–Crippen MR) is 58.2 cm³/mol. The Balaban J connectivity index is 2.19. The number of rotatable bonds is 3. The second-order valence-corrected chi connectivity index (χ2v) is 3.97. The molecule has 2 rings (SSSR count). The van der Waals surface area contributed by atoms with Crippen molar-refractivity contribution < 1.29 is 9.76 Å². The summed E-state index contributed by atoms with van der Waals surface area (Å²) in [5.41, 5.74) is 1.06. The van der Waals surface area contributed by atoms with Crippen LogP contribution in [0.2, 0.25) is 0 Å². The van der Waals surface area contributed by atoms with Gasteiger partial charge in [-0.15, -0.1) is 0 Å². The Labute approximate surface area is 93.7 Å². The number of nitrogens with zero attached hydrogens (tertiary/aromatic N) is 2. The molecule has 1 aromatic carbocycles. The summed E-state index contributed by atoms with van der Waals surface area (Å²) in [6.07, 6.45) is 0. The summed E-state index contributed by atoms with van der Waals surface area (Å²) in [5.74, 6) is -0.0811. The standard InChI is InChI=1S/C11H14N2O3/c1-12-11(9-5-3-2-4-6-9)10(8-16-12)7-13(14)15/h2-6,10-11H,7-8H2,1H3/t10-,11-/m0/s1. The van der Waals surface area contributed by atoms with Crippen molar-refractivity contribution in [2.75, 3.05) is 20.2 Å². The van der Waals surface area contributed by atoms with E-state index in [1.807, 2.05) is 37.4 Å². The number of nitro groups is 1. The van der Waals surface area contributed by atoms with Gasteiger partial charge in [0.2, 0.25) is 6.54 Å². The fraction of sp³-hybridized carbons (Fsp3) is 0.455. The third-order valence-corrected chi connectivity index (χ3v) is 2.86. The van der Waals surface area contributed by atoms with Gasteiger partial charge in [-0.3, -0.25) is 15.0 Å². The summed E-state index contributed by atoms with van der Waals surface area (Å²) in [6.45, 7) is 0.362. The summed E-state index contributed by atoms with van der Waals surface area (Å²) < 4.78 is 0. The molecule has 0 aliphatic carbocycles. The molecule has 1 saturated heterocycles. The Kier molecular flexibility index (Phi) is 3.17. The molecule has 5 heteroatoms. The summed E-state index contributed by atoms with van der Waals surface area (Å²) >= 11 is 0. The lowest BCUT2D eigenvalue weighted by Gasteiger charge is -2.20. The normalized spacial score (nSPS) is 25.8. The van der Waals surface area contributed by atoms with E-state index < -0.39 is 0 Å². The molecule has 1 fully saturated rings. The number of benzene rings is 1. The third kappa shape index (κ3) is 2.20. The molecule has 0 radical (unpaired) electrons. The lowest BCUT2D eigenvalue weighted by Crippen LogP contribution is -2.25. The highest BCUT2D eigenvalue weighted by Crippen LogP contribution is 2.33. The molecule has 1 aliphatic heterocycles. The molecule has 5 nitrogen and oxygen atoms in total. The summed E-state index contributed by atoms with van der Waals surface area (Å²) in [6, 6.07) is 9.73. The zero-order valence-electron chi connectivity index (χ0n) is 9.07. The lowest BCUT2D eigenvalue weighted by molar-refractivity contribution is -0.488. The van der Waals surface area contributed by atoms with E-state index in [-0.39, 0.29) is 23.4 Å². The minimum atomic E-state index is -0.275. The Morgan fingerprint density at radius 1 is 1.50 bits per heavy atom. The minimum absolute atomic E-state index is 0.0217. The number of hydrogen-bond acceptors (Lipinski definition) is 4. The van der Waals surface area contributed by atoms with Crippen LogP contribution in [0.1, 0.15) is 11.6 Å². The van der Waals surface area contributed by atoms with Gasteiger partial charge in [0.15, 0.2) is 0 Å². The number of hydrogen-bond donors (Lipinski definition) is 0. The Morgan fingerprint density at radius 2 is 2.19 bits per heavy atom. The molecule has 1 heterocycles. The summed E-state index contributed by atoms with van der Waals surface area (Å²) in [4.78, 5) is 15.7. The van der Waals surface area contributed by atoms with Crippen LogP contribution >= 0.6 is 0 Å². The highest BCUT2D eigenvalue weighted by Gasteiger charge is 2.37.